The number of benzene rings is 2. The molecule has 0 amide bonds. The molecular formula is C17H13N. The Morgan fingerprint density at radius 1 is 0.889 bits per heavy atom. The van der Waals surface area contributed by atoms with Crippen molar-refractivity contribution in [3.05, 3.63) is 65.7 Å². The Balaban J connectivity index is 2.13. The van der Waals surface area contributed by atoms with Crippen LogP contribution in [-0.4, -0.2) is 4.98 Å². The SMILES string of the molecule is C1=Cc2ccccc2-c2[nH]c3ccccc3c2C1. The zero-order valence-corrected chi connectivity index (χ0v) is 9.98. The molecule has 1 heteroatoms. The van der Waals surface area contributed by atoms with Gasteiger partial charge in [-0.1, -0.05) is 54.6 Å². The second-order valence-corrected chi connectivity index (χ2v) is 4.72. The number of hydrogen-bond acceptors (Lipinski definition) is 0. The normalized spacial score (nSPS) is 13.1. The molecule has 0 fully saturated rings. The minimum absolute atomic E-state index is 0.994. The quantitative estimate of drug-likeness (QED) is 0.590. The van der Waals surface area contributed by atoms with E-state index < -0.39 is 0 Å². The van der Waals surface area contributed by atoms with Gasteiger partial charge in [-0.2, -0.15) is 0 Å². The van der Waals surface area contributed by atoms with E-state index in [1.165, 1.54) is 33.3 Å². The summed E-state index contributed by atoms with van der Waals surface area (Å²) in [6.07, 6.45) is 5.47. The smallest absolute Gasteiger partial charge is 0.0506 e. The Labute approximate surface area is 106 Å². The molecule has 0 saturated heterocycles. The van der Waals surface area contributed by atoms with Gasteiger partial charge in [-0.3, -0.25) is 0 Å². The number of fused-ring (bicyclic) bond motifs is 5. The largest absolute Gasteiger partial charge is 0.354 e. The molecule has 2 aromatic carbocycles. The number of aromatic amines is 1. The number of para-hydroxylation sites is 1. The average molecular weight is 231 g/mol. The van der Waals surface area contributed by atoms with Crippen LogP contribution in [0.1, 0.15) is 11.1 Å². The summed E-state index contributed by atoms with van der Waals surface area (Å²) in [5.41, 5.74) is 6.51. The number of rotatable bonds is 0. The van der Waals surface area contributed by atoms with Gasteiger partial charge in [0, 0.05) is 16.5 Å². The zero-order chi connectivity index (χ0) is 11.9. The topological polar surface area (TPSA) is 15.8 Å². The van der Waals surface area contributed by atoms with Crippen LogP contribution in [0.2, 0.25) is 0 Å². The van der Waals surface area contributed by atoms with Gasteiger partial charge in [0.05, 0.1) is 5.69 Å². The van der Waals surface area contributed by atoms with Gasteiger partial charge in [0.15, 0.2) is 0 Å². The molecule has 0 spiro atoms. The van der Waals surface area contributed by atoms with E-state index in [0.29, 0.717) is 0 Å². The number of aromatic nitrogens is 1. The molecule has 1 N–H and O–H groups in total. The molecule has 1 aromatic heterocycles. The van der Waals surface area contributed by atoms with Crippen LogP contribution in [0.5, 0.6) is 0 Å². The fourth-order valence-electron chi connectivity index (χ4n) is 2.82. The molecule has 86 valence electrons. The standard InChI is InChI=1S/C17H13N/c1-2-8-13-12(6-1)7-5-10-15-14-9-3-4-11-16(14)18-17(13)15/h1-9,11,18H,10H2. The Kier molecular flexibility index (Phi) is 1.95. The summed E-state index contributed by atoms with van der Waals surface area (Å²) >= 11 is 0. The Bertz CT molecular complexity index is 762. The highest BCUT2D eigenvalue weighted by Crippen LogP contribution is 2.35. The lowest BCUT2D eigenvalue weighted by Crippen LogP contribution is -1.84. The van der Waals surface area contributed by atoms with Crippen LogP contribution in [0.25, 0.3) is 28.2 Å². The number of H-pyrrole nitrogens is 1. The fraction of sp³-hybridized carbons (Fsp3) is 0.0588. The lowest BCUT2D eigenvalue weighted by molar-refractivity contribution is 1.31. The molecular weight excluding hydrogens is 218 g/mol. The van der Waals surface area contributed by atoms with Crippen LogP contribution in [0, 0.1) is 0 Å². The Morgan fingerprint density at radius 2 is 1.72 bits per heavy atom. The van der Waals surface area contributed by atoms with Gasteiger partial charge in [-0.05, 0) is 23.6 Å². The third kappa shape index (κ3) is 1.28. The van der Waals surface area contributed by atoms with Gasteiger partial charge < -0.3 is 4.98 Å². The number of allylic oxidation sites excluding steroid dienone is 1. The predicted octanol–water partition coefficient (Wildman–Crippen LogP) is 4.40. The maximum absolute atomic E-state index is 3.57. The third-order valence-corrected chi connectivity index (χ3v) is 3.66. The summed E-state index contributed by atoms with van der Waals surface area (Å²) in [4.78, 5) is 3.57. The van der Waals surface area contributed by atoms with E-state index in [1.54, 1.807) is 0 Å². The first-order chi connectivity index (χ1) is 8.93. The molecule has 1 aliphatic rings. The molecule has 0 atom stereocenters. The van der Waals surface area contributed by atoms with Crippen molar-refractivity contribution in [1.82, 2.24) is 4.98 Å². The average Bonchev–Trinajstić information content (AvgIpc) is 2.69. The van der Waals surface area contributed by atoms with E-state index in [1.807, 2.05) is 0 Å². The van der Waals surface area contributed by atoms with Crippen LogP contribution in [0.3, 0.4) is 0 Å². The molecule has 0 radical (unpaired) electrons. The molecule has 0 saturated carbocycles. The molecule has 3 aromatic rings. The second-order valence-electron chi connectivity index (χ2n) is 4.72. The monoisotopic (exact) mass is 231 g/mol. The summed E-state index contributed by atoms with van der Waals surface area (Å²) in [6, 6.07) is 17.1. The highest BCUT2D eigenvalue weighted by molar-refractivity contribution is 5.93. The van der Waals surface area contributed by atoms with Crippen LogP contribution < -0.4 is 0 Å². The summed E-state index contributed by atoms with van der Waals surface area (Å²) in [6.45, 7) is 0. The van der Waals surface area contributed by atoms with E-state index in [4.69, 9.17) is 0 Å². The zero-order valence-electron chi connectivity index (χ0n) is 9.98. The fourth-order valence-corrected chi connectivity index (χ4v) is 2.82. The predicted molar refractivity (Wildman–Crippen MR) is 76.5 cm³/mol. The maximum atomic E-state index is 3.57. The first-order valence-corrected chi connectivity index (χ1v) is 6.29. The third-order valence-electron chi connectivity index (χ3n) is 3.66. The molecule has 18 heavy (non-hydrogen) atoms. The van der Waals surface area contributed by atoms with Crippen LogP contribution >= 0.6 is 0 Å². The van der Waals surface area contributed by atoms with E-state index in [0.717, 1.165) is 6.42 Å². The molecule has 4 rings (SSSR count). The number of hydrogen-bond donors (Lipinski definition) is 1. The minimum atomic E-state index is 0.994. The lowest BCUT2D eigenvalue weighted by Gasteiger charge is -2.03. The maximum Gasteiger partial charge on any atom is 0.0506 e. The highest BCUT2D eigenvalue weighted by atomic mass is 14.7. The van der Waals surface area contributed by atoms with Gasteiger partial charge >= 0.3 is 0 Å². The van der Waals surface area contributed by atoms with Crippen molar-refractivity contribution < 1.29 is 0 Å². The van der Waals surface area contributed by atoms with E-state index in [-0.39, 0.29) is 0 Å². The van der Waals surface area contributed by atoms with Crippen molar-refractivity contribution in [3.63, 3.8) is 0 Å². The van der Waals surface area contributed by atoms with Gasteiger partial charge in [0.25, 0.3) is 0 Å². The van der Waals surface area contributed by atoms with E-state index in [2.05, 4.69) is 65.7 Å². The molecule has 1 heterocycles. The molecule has 1 aliphatic carbocycles. The summed E-state index contributed by atoms with van der Waals surface area (Å²) < 4.78 is 0. The Morgan fingerprint density at radius 3 is 2.72 bits per heavy atom. The van der Waals surface area contributed by atoms with Gasteiger partial charge in [-0.15, -0.1) is 0 Å². The second kappa shape index (κ2) is 3.61. The van der Waals surface area contributed by atoms with Gasteiger partial charge in [0.2, 0.25) is 0 Å². The van der Waals surface area contributed by atoms with Crippen molar-refractivity contribution in [2.24, 2.45) is 0 Å². The lowest BCUT2D eigenvalue weighted by atomic mass is 10.0. The summed E-state index contributed by atoms with van der Waals surface area (Å²) in [5.74, 6) is 0. The minimum Gasteiger partial charge on any atom is -0.354 e. The van der Waals surface area contributed by atoms with Crippen molar-refractivity contribution in [3.8, 4) is 11.3 Å². The van der Waals surface area contributed by atoms with Crippen molar-refractivity contribution in [2.75, 3.05) is 0 Å². The molecule has 0 bridgehead atoms. The first-order valence-electron chi connectivity index (χ1n) is 6.29. The summed E-state index contributed by atoms with van der Waals surface area (Å²) in [7, 11) is 0. The molecule has 0 aliphatic heterocycles. The Hall–Kier alpha value is -2.28. The summed E-state index contributed by atoms with van der Waals surface area (Å²) in [5, 5.41) is 1.34. The van der Waals surface area contributed by atoms with Crippen LogP contribution in [-0.2, 0) is 6.42 Å². The van der Waals surface area contributed by atoms with Gasteiger partial charge in [0.1, 0.15) is 0 Å². The van der Waals surface area contributed by atoms with Crippen LogP contribution in [0.15, 0.2) is 54.6 Å². The van der Waals surface area contributed by atoms with E-state index in [9.17, 15) is 0 Å². The molecule has 1 nitrogen and oxygen atoms in total. The number of nitrogens with one attached hydrogen (secondary N) is 1. The first kappa shape index (κ1) is 9.72. The van der Waals surface area contributed by atoms with Crippen molar-refractivity contribution in [1.29, 1.82) is 0 Å². The van der Waals surface area contributed by atoms with Gasteiger partial charge in [-0.25, -0.2) is 0 Å². The van der Waals surface area contributed by atoms with Crippen molar-refractivity contribution >= 4 is 17.0 Å². The molecule has 0 unspecified atom stereocenters. The highest BCUT2D eigenvalue weighted by Gasteiger charge is 2.15. The van der Waals surface area contributed by atoms with E-state index >= 15 is 0 Å². The van der Waals surface area contributed by atoms with Crippen molar-refractivity contribution in [2.45, 2.75) is 6.42 Å². The van der Waals surface area contributed by atoms with Crippen LogP contribution in [0.4, 0.5) is 0 Å².